The van der Waals surface area contributed by atoms with E-state index in [9.17, 15) is 9.18 Å². The minimum Gasteiger partial charge on any atom is -0.378 e. The van der Waals surface area contributed by atoms with E-state index >= 15 is 0 Å². The van der Waals surface area contributed by atoms with Crippen LogP contribution in [-0.2, 0) is 23.7 Å². The lowest BCUT2D eigenvalue weighted by Gasteiger charge is -2.34. The molecule has 0 aromatic heterocycles. The van der Waals surface area contributed by atoms with Gasteiger partial charge in [-0.3, -0.25) is 9.69 Å². The van der Waals surface area contributed by atoms with Crippen LogP contribution in [0.5, 0.6) is 0 Å². The van der Waals surface area contributed by atoms with E-state index < -0.39 is 6.17 Å². The van der Waals surface area contributed by atoms with Crippen molar-refractivity contribution in [2.75, 3.05) is 105 Å². The van der Waals surface area contributed by atoms with Crippen LogP contribution in [0.1, 0.15) is 47.0 Å². The summed E-state index contributed by atoms with van der Waals surface area (Å²) >= 11 is 0. The molecule has 10 heteroatoms. The molecule has 1 heterocycles. The first-order valence-electron chi connectivity index (χ1n) is 14.3. The lowest BCUT2D eigenvalue weighted by Crippen LogP contribution is -2.47. The first-order valence-corrected chi connectivity index (χ1v) is 14.3. The monoisotopic (exact) mass is 534 g/mol. The average Bonchev–Trinajstić information content (AvgIpc) is 2.88. The predicted octanol–water partition coefficient (Wildman–Crippen LogP) is 1.95. The van der Waals surface area contributed by atoms with Gasteiger partial charge in [0.25, 0.3) is 0 Å². The molecule has 1 rings (SSSR count). The highest BCUT2D eigenvalue weighted by molar-refractivity contribution is 5.77. The minimum atomic E-state index is -0.953. The zero-order valence-corrected chi connectivity index (χ0v) is 24.0. The third-order valence-electron chi connectivity index (χ3n) is 6.20. The fraction of sp³-hybridized carbons (Fsp3) is 0.963. The van der Waals surface area contributed by atoms with E-state index in [1.54, 1.807) is 0 Å². The highest BCUT2D eigenvalue weighted by Crippen LogP contribution is 2.08. The third kappa shape index (κ3) is 20.7. The van der Waals surface area contributed by atoms with Crippen LogP contribution in [-0.4, -0.2) is 133 Å². The fourth-order valence-electron chi connectivity index (χ4n) is 3.83. The van der Waals surface area contributed by atoms with Crippen LogP contribution >= 0.6 is 0 Å². The summed E-state index contributed by atoms with van der Waals surface area (Å²) in [4.78, 5) is 16.4. The van der Waals surface area contributed by atoms with Gasteiger partial charge >= 0.3 is 0 Å². The van der Waals surface area contributed by atoms with Gasteiger partial charge in [0, 0.05) is 57.8 Å². The molecule has 1 fully saturated rings. The number of halogens is 1. The Hall–Kier alpha value is -0.880. The molecule has 1 amide bonds. The van der Waals surface area contributed by atoms with Crippen molar-refractivity contribution in [1.82, 2.24) is 20.4 Å². The van der Waals surface area contributed by atoms with Gasteiger partial charge in [-0.2, -0.15) is 0 Å². The first-order chi connectivity index (χ1) is 17.9. The Morgan fingerprint density at radius 3 is 1.81 bits per heavy atom. The fourth-order valence-corrected chi connectivity index (χ4v) is 3.83. The molecule has 1 aliphatic rings. The Morgan fingerprint density at radius 1 is 0.757 bits per heavy atom. The second kappa shape index (κ2) is 23.0. The minimum absolute atomic E-state index is 0.0803. The van der Waals surface area contributed by atoms with Gasteiger partial charge in [0.1, 0.15) is 6.17 Å². The molecular weight excluding hydrogens is 479 g/mol. The molecule has 0 saturated carbocycles. The second-order valence-corrected chi connectivity index (χ2v) is 10.2. The Balaban J connectivity index is 1.83. The number of rotatable bonds is 24. The van der Waals surface area contributed by atoms with Crippen LogP contribution in [0.4, 0.5) is 4.39 Å². The molecule has 0 aromatic carbocycles. The van der Waals surface area contributed by atoms with E-state index in [1.165, 1.54) is 0 Å². The van der Waals surface area contributed by atoms with Crippen LogP contribution in [0, 0.1) is 5.92 Å². The van der Waals surface area contributed by atoms with Gasteiger partial charge in [0.2, 0.25) is 5.91 Å². The van der Waals surface area contributed by atoms with Gasteiger partial charge in [-0.05, 0) is 25.8 Å². The number of carbonyl (C=O) groups is 1. The number of amides is 1. The molecular formula is C27H55FN4O5. The average molecular weight is 535 g/mol. The Bertz CT molecular complexity index is 537. The van der Waals surface area contributed by atoms with Crippen molar-refractivity contribution in [1.29, 1.82) is 0 Å². The number of piperazine rings is 1. The van der Waals surface area contributed by atoms with Crippen LogP contribution in [0.25, 0.3) is 0 Å². The number of hydrogen-bond donors (Lipinski definition) is 2. The number of hydrogen-bond acceptors (Lipinski definition) is 8. The van der Waals surface area contributed by atoms with Crippen LogP contribution in [0.2, 0.25) is 0 Å². The predicted molar refractivity (Wildman–Crippen MR) is 146 cm³/mol. The maximum Gasteiger partial charge on any atom is 0.222 e. The maximum absolute atomic E-state index is 13.9. The standard InChI is InChI=1S/C27H55FN4O5/c1-24(2)27(33)30-23-26(28)7-5-6-9-31-10-12-32(13-11-31)14-16-35-18-20-37-22-21-36-19-17-34-15-8-29-25(3)4/h24-26,29H,5-23H2,1-4H3,(H,30,33). The molecule has 0 aromatic rings. The van der Waals surface area contributed by atoms with Gasteiger partial charge in [-0.15, -0.1) is 0 Å². The number of carbonyl (C=O) groups excluding carboxylic acids is 1. The summed E-state index contributed by atoms with van der Waals surface area (Å²) in [6, 6.07) is 0.487. The van der Waals surface area contributed by atoms with E-state index in [2.05, 4.69) is 34.3 Å². The normalized spacial score (nSPS) is 16.1. The molecule has 9 nitrogen and oxygen atoms in total. The van der Waals surface area contributed by atoms with Crippen molar-refractivity contribution in [3.8, 4) is 0 Å². The number of ether oxygens (including phenoxy) is 4. The summed E-state index contributed by atoms with van der Waals surface area (Å²) in [5.74, 6) is -0.177. The molecule has 0 bridgehead atoms. The Morgan fingerprint density at radius 2 is 1.27 bits per heavy atom. The molecule has 1 saturated heterocycles. The van der Waals surface area contributed by atoms with Crippen molar-refractivity contribution in [2.45, 2.75) is 59.2 Å². The first kappa shape index (κ1) is 34.1. The maximum atomic E-state index is 13.9. The summed E-state index contributed by atoms with van der Waals surface area (Å²) in [5.41, 5.74) is 0. The summed E-state index contributed by atoms with van der Waals surface area (Å²) in [7, 11) is 0. The quantitative estimate of drug-likeness (QED) is 0.182. The molecule has 37 heavy (non-hydrogen) atoms. The smallest absolute Gasteiger partial charge is 0.222 e. The second-order valence-electron chi connectivity index (χ2n) is 10.2. The van der Waals surface area contributed by atoms with Gasteiger partial charge in [-0.1, -0.05) is 27.7 Å². The Kier molecular flexibility index (Phi) is 21.3. The van der Waals surface area contributed by atoms with Crippen molar-refractivity contribution in [3.05, 3.63) is 0 Å². The lowest BCUT2D eigenvalue weighted by atomic mass is 10.1. The topological polar surface area (TPSA) is 84.5 Å². The van der Waals surface area contributed by atoms with Crippen LogP contribution in [0.15, 0.2) is 0 Å². The molecule has 220 valence electrons. The number of unbranched alkanes of at least 4 members (excludes halogenated alkanes) is 1. The van der Waals surface area contributed by atoms with Crippen molar-refractivity contribution >= 4 is 5.91 Å². The number of alkyl halides is 1. The molecule has 1 aliphatic heterocycles. The van der Waals surface area contributed by atoms with E-state index in [-0.39, 0.29) is 18.4 Å². The molecule has 1 unspecified atom stereocenters. The molecule has 0 radical (unpaired) electrons. The highest BCUT2D eigenvalue weighted by Gasteiger charge is 2.16. The zero-order valence-electron chi connectivity index (χ0n) is 24.0. The highest BCUT2D eigenvalue weighted by atomic mass is 19.1. The van der Waals surface area contributed by atoms with Crippen LogP contribution in [0.3, 0.4) is 0 Å². The lowest BCUT2D eigenvalue weighted by molar-refractivity contribution is -0.124. The Labute approximate surface area is 225 Å². The number of nitrogens with one attached hydrogen (secondary N) is 2. The largest absolute Gasteiger partial charge is 0.378 e. The summed E-state index contributed by atoms with van der Waals surface area (Å²) < 4.78 is 36.1. The van der Waals surface area contributed by atoms with Gasteiger partial charge in [-0.25, -0.2) is 4.39 Å². The van der Waals surface area contributed by atoms with E-state index in [1.807, 2.05) is 13.8 Å². The summed E-state index contributed by atoms with van der Waals surface area (Å²) in [5, 5.41) is 5.97. The molecule has 1 atom stereocenters. The number of nitrogens with zero attached hydrogens (tertiary/aromatic N) is 2. The third-order valence-corrected chi connectivity index (χ3v) is 6.20. The van der Waals surface area contributed by atoms with Crippen molar-refractivity contribution in [2.24, 2.45) is 5.92 Å². The summed E-state index contributed by atoms with van der Waals surface area (Å²) in [6.45, 7) is 19.9. The van der Waals surface area contributed by atoms with E-state index in [0.29, 0.717) is 65.3 Å². The molecule has 0 spiro atoms. The van der Waals surface area contributed by atoms with Crippen molar-refractivity contribution < 1.29 is 28.1 Å². The summed E-state index contributed by atoms with van der Waals surface area (Å²) in [6.07, 6.45) is 1.41. The molecule has 2 N–H and O–H groups in total. The van der Waals surface area contributed by atoms with E-state index in [4.69, 9.17) is 18.9 Å². The van der Waals surface area contributed by atoms with Gasteiger partial charge < -0.3 is 34.5 Å². The van der Waals surface area contributed by atoms with Gasteiger partial charge in [0.05, 0.1) is 52.9 Å². The zero-order chi connectivity index (χ0) is 27.1. The van der Waals surface area contributed by atoms with Gasteiger partial charge in [0.15, 0.2) is 0 Å². The molecule has 0 aliphatic carbocycles. The van der Waals surface area contributed by atoms with Crippen LogP contribution < -0.4 is 10.6 Å². The SMILES string of the molecule is CC(C)NCCOCCOCCOCCOCCN1CCN(CCCCC(F)CNC(=O)C(C)C)CC1. The van der Waals surface area contributed by atoms with E-state index in [0.717, 1.165) is 58.7 Å². The van der Waals surface area contributed by atoms with Crippen molar-refractivity contribution in [3.63, 3.8) is 0 Å².